The molecule has 0 saturated carbocycles. The van der Waals surface area contributed by atoms with E-state index in [2.05, 4.69) is 4.98 Å². The van der Waals surface area contributed by atoms with E-state index in [0.717, 1.165) is 5.56 Å². The van der Waals surface area contributed by atoms with Crippen LogP contribution in [0.4, 0.5) is 0 Å². The van der Waals surface area contributed by atoms with Crippen LogP contribution in [0.25, 0.3) is 0 Å². The highest BCUT2D eigenvalue weighted by molar-refractivity contribution is 5.96. The predicted octanol–water partition coefficient (Wildman–Crippen LogP) is 3.00. The number of carbonyl (C=O) groups excluding carboxylic acids is 1. The molecule has 0 fully saturated rings. The number of carboxylic acids is 1. The number of pyridine rings is 1. The van der Waals surface area contributed by atoms with Crippen LogP contribution in [0.15, 0.2) is 42.7 Å². The second-order valence-electron chi connectivity index (χ2n) is 5.86. The molecule has 0 bridgehead atoms. The highest BCUT2D eigenvalue weighted by atomic mass is 16.5. The molecule has 1 amide bonds. The van der Waals surface area contributed by atoms with Crippen LogP contribution >= 0.6 is 0 Å². The van der Waals surface area contributed by atoms with Crippen LogP contribution in [0.3, 0.4) is 0 Å². The Labute approximate surface area is 158 Å². The van der Waals surface area contributed by atoms with Gasteiger partial charge in [0.1, 0.15) is 13.2 Å². The molecule has 1 aromatic carbocycles. The topological polar surface area (TPSA) is 89.0 Å². The Hall–Kier alpha value is -3.09. The van der Waals surface area contributed by atoms with Gasteiger partial charge in [-0.1, -0.05) is 13.0 Å². The van der Waals surface area contributed by atoms with Crippen molar-refractivity contribution in [3.8, 4) is 11.5 Å². The first-order valence-electron chi connectivity index (χ1n) is 8.84. The molecule has 0 aliphatic carbocycles. The third kappa shape index (κ3) is 5.99. The molecule has 2 rings (SSSR count). The second-order valence-corrected chi connectivity index (χ2v) is 5.86. The molecular weight excluding hydrogens is 348 g/mol. The quantitative estimate of drug-likeness (QED) is 0.690. The predicted molar refractivity (Wildman–Crippen MR) is 100 cm³/mol. The van der Waals surface area contributed by atoms with E-state index < -0.39 is 5.97 Å². The molecule has 0 saturated heterocycles. The van der Waals surface area contributed by atoms with Gasteiger partial charge in [0.05, 0.1) is 6.61 Å². The Kier molecular flexibility index (Phi) is 7.61. The number of nitrogens with zero attached hydrogens (tertiary/aromatic N) is 2. The van der Waals surface area contributed by atoms with Crippen LogP contribution in [-0.4, -0.2) is 46.6 Å². The summed E-state index contributed by atoms with van der Waals surface area (Å²) in [5.41, 5.74) is 1.28. The summed E-state index contributed by atoms with van der Waals surface area (Å²) in [5.74, 6) is -0.436. The van der Waals surface area contributed by atoms with E-state index in [9.17, 15) is 9.59 Å². The van der Waals surface area contributed by atoms with Gasteiger partial charge in [0, 0.05) is 30.1 Å². The number of aliphatic carboxylic acids is 1. The minimum absolute atomic E-state index is 0.322. The first kappa shape index (κ1) is 20.2. The molecule has 0 unspecified atom stereocenters. The maximum absolute atomic E-state index is 12.7. The van der Waals surface area contributed by atoms with Gasteiger partial charge in [-0.15, -0.1) is 0 Å². The fourth-order valence-electron chi connectivity index (χ4n) is 2.54. The lowest BCUT2D eigenvalue weighted by Gasteiger charge is -2.21. The average molecular weight is 372 g/mol. The second kappa shape index (κ2) is 10.2. The minimum atomic E-state index is -1.04. The number of hydrogen-bond acceptors (Lipinski definition) is 5. The summed E-state index contributed by atoms with van der Waals surface area (Å²) < 4.78 is 11.4. The zero-order chi connectivity index (χ0) is 19.6. The summed E-state index contributed by atoms with van der Waals surface area (Å²) in [4.78, 5) is 29.0. The van der Waals surface area contributed by atoms with Crippen molar-refractivity contribution in [2.45, 2.75) is 26.9 Å². The number of benzene rings is 1. The summed E-state index contributed by atoms with van der Waals surface area (Å²) >= 11 is 0. The number of rotatable bonds is 10. The van der Waals surface area contributed by atoms with Crippen LogP contribution in [0, 0.1) is 0 Å². The normalized spacial score (nSPS) is 10.3. The lowest BCUT2D eigenvalue weighted by molar-refractivity contribution is -0.137. The summed E-state index contributed by atoms with van der Waals surface area (Å²) in [6.45, 7) is 4.50. The van der Waals surface area contributed by atoms with E-state index in [-0.39, 0.29) is 12.5 Å². The molecule has 27 heavy (non-hydrogen) atoms. The number of carbonyl (C=O) groups is 2. The molecule has 7 nitrogen and oxygen atoms in total. The van der Waals surface area contributed by atoms with Gasteiger partial charge in [0.2, 0.25) is 0 Å². The van der Waals surface area contributed by atoms with Crippen LogP contribution in [0.2, 0.25) is 0 Å². The molecule has 0 spiro atoms. The summed E-state index contributed by atoms with van der Waals surface area (Å²) in [6, 6.07) is 8.61. The number of aromatic nitrogens is 1. The van der Waals surface area contributed by atoms with Crippen molar-refractivity contribution in [1.82, 2.24) is 9.88 Å². The van der Waals surface area contributed by atoms with Gasteiger partial charge in [-0.2, -0.15) is 0 Å². The van der Waals surface area contributed by atoms with E-state index in [1.165, 1.54) is 4.90 Å². The molecule has 0 aliphatic heterocycles. The highest BCUT2D eigenvalue weighted by Gasteiger charge is 2.19. The molecule has 2 aromatic rings. The fourth-order valence-corrected chi connectivity index (χ4v) is 2.54. The van der Waals surface area contributed by atoms with Crippen LogP contribution in [0.5, 0.6) is 11.5 Å². The smallest absolute Gasteiger partial charge is 0.323 e. The highest BCUT2D eigenvalue weighted by Crippen LogP contribution is 2.29. The first-order chi connectivity index (χ1) is 13.0. The molecular formula is C20H24N2O5. The molecule has 1 heterocycles. The van der Waals surface area contributed by atoms with Crippen molar-refractivity contribution in [2.75, 3.05) is 19.7 Å². The largest absolute Gasteiger partial charge is 0.490 e. The zero-order valence-corrected chi connectivity index (χ0v) is 15.6. The van der Waals surface area contributed by atoms with Crippen molar-refractivity contribution in [3.63, 3.8) is 0 Å². The monoisotopic (exact) mass is 372 g/mol. The fraction of sp³-hybridized carbons (Fsp3) is 0.350. The molecule has 7 heteroatoms. The van der Waals surface area contributed by atoms with Gasteiger partial charge in [-0.05, 0) is 37.6 Å². The molecule has 0 aliphatic rings. The maximum Gasteiger partial charge on any atom is 0.323 e. The third-order valence-corrected chi connectivity index (χ3v) is 3.71. The van der Waals surface area contributed by atoms with Gasteiger partial charge >= 0.3 is 5.97 Å². The first-order valence-corrected chi connectivity index (χ1v) is 8.84. The Balaban J connectivity index is 2.19. The molecule has 1 N–H and O–H groups in total. The average Bonchev–Trinajstić information content (AvgIpc) is 2.67. The number of carboxylic acid groups (broad SMARTS) is 1. The minimum Gasteiger partial charge on any atom is -0.490 e. The van der Waals surface area contributed by atoms with Crippen molar-refractivity contribution in [3.05, 3.63) is 53.9 Å². The van der Waals surface area contributed by atoms with Gasteiger partial charge in [0.15, 0.2) is 11.5 Å². The van der Waals surface area contributed by atoms with Gasteiger partial charge in [0.25, 0.3) is 5.91 Å². The zero-order valence-electron chi connectivity index (χ0n) is 15.6. The van der Waals surface area contributed by atoms with Crippen LogP contribution < -0.4 is 9.47 Å². The van der Waals surface area contributed by atoms with Crippen LogP contribution in [0.1, 0.15) is 36.2 Å². The lowest BCUT2D eigenvalue weighted by atomic mass is 10.1. The van der Waals surface area contributed by atoms with Gasteiger partial charge < -0.3 is 19.5 Å². The van der Waals surface area contributed by atoms with Crippen molar-refractivity contribution in [1.29, 1.82) is 0 Å². The summed E-state index contributed by atoms with van der Waals surface area (Å²) in [7, 11) is 0. The van der Waals surface area contributed by atoms with Crippen molar-refractivity contribution >= 4 is 11.9 Å². The Bertz CT molecular complexity index is 764. The Morgan fingerprint density at radius 1 is 1.15 bits per heavy atom. The lowest BCUT2D eigenvalue weighted by Crippen LogP contribution is -2.36. The summed E-state index contributed by atoms with van der Waals surface area (Å²) in [5, 5.41) is 9.02. The van der Waals surface area contributed by atoms with Crippen molar-refractivity contribution in [2.24, 2.45) is 0 Å². The van der Waals surface area contributed by atoms with E-state index in [4.69, 9.17) is 14.6 Å². The molecule has 0 atom stereocenters. The van der Waals surface area contributed by atoms with E-state index in [1.807, 2.05) is 26.0 Å². The maximum atomic E-state index is 12.7. The summed E-state index contributed by atoms with van der Waals surface area (Å²) in [6.07, 6.45) is 4.07. The van der Waals surface area contributed by atoms with Crippen LogP contribution in [-0.2, 0) is 11.4 Å². The van der Waals surface area contributed by atoms with Crippen molar-refractivity contribution < 1.29 is 24.2 Å². The number of amides is 1. The van der Waals surface area contributed by atoms with E-state index in [1.54, 1.807) is 30.6 Å². The van der Waals surface area contributed by atoms with E-state index in [0.29, 0.717) is 43.2 Å². The Morgan fingerprint density at radius 3 is 2.59 bits per heavy atom. The SMILES string of the molecule is CCCN(CC(=O)O)C(=O)c1ccc(OCc2cccnc2)c(OCC)c1. The van der Waals surface area contributed by atoms with E-state index >= 15 is 0 Å². The Morgan fingerprint density at radius 2 is 1.96 bits per heavy atom. The third-order valence-electron chi connectivity index (χ3n) is 3.71. The van der Waals surface area contributed by atoms with Gasteiger partial charge in [-0.25, -0.2) is 0 Å². The molecule has 144 valence electrons. The molecule has 0 radical (unpaired) electrons. The standard InChI is InChI=1S/C20H24N2O5/c1-3-10-22(13-19(23)24)20(25)16-7-8-17(18(11-16)26-4-2)27-14-15-6-5-9-21-12-15/h5-9,11-12H,3-4,10,13-14H2,1-2H3,(H,23,24). The number of hydrogen-bond donors (Lipinski definition) is 1. The molecule has 1 aromatic heterocycles. The van der Waals surface area contributed by atoms with Gasteiger partial charge in [-0.3, -0.25) is 14.6 Å². The number of ether oxygens (including phenoxy) is 2.